The number of nitrogens with zero attached hydrogens (tertiary/aromatic N) is 1. The molecular weight excluding hydrogens is 270 g/mol. The van der Waals surface area contributed by atoms with Crippen molar-refractivity contribution in [2.24, 2.45) is 11.1 Å². The second kappa shape index (κ2) is 6.76. The minimum absolute atomic E-state index is 0.0806. The largest absolute Gasteiger partial charge is 0.503 e. The third-order valence-electron chi connectivity index (χ3n) is 4.31. The van der Waals surface area contributed by atoms with Gasteiger partial charge in [-0.1, -0.05) is 6.92 Å². The zero-order valence-electron chi connectivity index (χ0n) is 13.1. The Kier molecular flexibility index (Phi) is 5.54. The molecule has 0 aromatic carbocycles. The Morgan fingerprint density at radius 2 is 2.19 bits per heavy atom. The van der Waals surface area contributed by atoms with Crippen LogP contribution in [0.1, 0.15) is 32.9 Å². The number of carbonyl (C=O) groups excluding carboxylic acids is 1. The monoisotopic (exact) mass is 295 g/mol. The average molecular weight is 295 g/mol. The predicted octanol–water partition coefficient (Wildman–Crippen LogP) is 0.742. The highest BCUT2D eigenvalue weighted by Gasteiger charge is 2.34. The number of hydrogen-bond acceptors (Lipinski definition) is 4. The third kappa shape index (κ3) is 3.64. The van der Waals surface area contributed by atoms with Gasteiger partial charge in [-0.15, -0.1) is 0 Å². The number of aromatic nitrogens is 1. The van der Waals surface area contributed by atoms with Crippen LogP contribution in [0.3, 0.4) is 0 Å². The third-order valence-corrected chi connectivity index (χ3v) is 4.31. The Morgan fingerprint density at radius 1 is 1.57 bits per heavy atom. The summed E-state index contributed by atoms with van der Waals surface area (Å²) in [6.45, 7) is 8.16. The van der Waals surface area contributed by atoms with E-state index in [1.54, 1.807) is 17.7 Å². The zero-order chi connectivity index (χ0) is 16.2. The van der Waals surface area contributed by atoms with E-state index in [4.69, 9.17) is 5.73 Å². The lowest BCUT2D eigenvalue weighted by atomic mass is 9.80. The van der Waals surface area contributed by atoms with Gasteiger partial charge in [0.1, 0.15) is 0 Å². The number of carbonyl (C=O) groups is 1. The number of rotatable bonds is 6. The van der Waals surface area contributed by atoms with Crippen molar-refractivity contribution in [3.05, 3.63) is 28.2 Å². The Bertz CT molecular complexity index is 566. The van der Waals surface area contributed by atoms with Crippen molar-refractivity contribution in [3.8, 4) is 5.75 Å². The molecule has 0 radical (unpaired) electrons. The molecule has 6 nitrogen and oxygen atoms in total. The first-order valence-electron chi connectivity index (χ1n) is 7.17. The number of nitrogens with one attached hydrogen (secondary N) is 1. The van der Waals surface area contributed by atoms with Crippen LogP contribution in [0.15, 0.2) is 17.1 Å². The number of pyridine rings is 1. The number of aromatic hydroxyl groups is 1. The van der Waals surface area contributed by atoms with Gasteiger partial charge in [0.15, 0.2) is 5.75 Å². The molecular formula is C15H25N3O3. The van der Waals surface area contributed by atoms with Crippen LogP contribution in [0.5, 0.6) is 5.75 Å². The first kappa shape index (κ1) is 17.2. The number of hydrogen-bond donors (Lipinski definition) is 3. The second-order valence-electron chi connectivity index (χ2n) is 5.62. The maximum atomic E-state index is 12.2. The highest BCUT2D eigenvalue weighted by atomic mass is 16.3. The van der Waals surface area contributed by atoms with Crippen LogP contribution in [0, 0.1) is 12.3 Å². The highest BCUT2D eigenvalue weighted by Crippen LogP contribution is 2.24. The van der Waals surface area contributed by atoms with Gasteiger partial charge in [0, 0.05) is 31.4 Å². The van der Waals surface area contributed by atoms with Crippen molar-refractivity contribution in [2.75, 3.05) is 6.54 Å². The van der Waals surface area contributed by atoms with Crippen molar-refractivity contribution in [2.45, 2.75) is 46.7 Å². The van der Waals surface area contributed by atoms with Gasteiger partial charge >= 0.3 is 0 Å². The normalized spacial score (nSPS) is 15.3. The molecule has 1 aromatic rings. The molecule has 4 N–H and O–H groups in total. The fourth-order valence-corrected chi connectivity index (χ4v) is 2.09. The SMILES string of the molecule is CCC(C)(C(=O)NCCn1ccc(=O)c(O)c1C)C(C)N. The molecule has 0 spiro atoms. The van der Waals surface area contributed by atoms with Crippen molar-refractivity contribution >= 4 is 5.91 Å². The first-order chi connectivity index (χ1) is 9.74. The quantitative estimate of drug-likeness (QED) is 0.721. The maximum Gasteiger partial charge on any atom is 0.227 e. The van der Waals surface area contributed by atoms with E-state index >= 15 is 0 Å². The molecule has 0 bridgehead atoms. The van der Waals surface area contributed by atoms with Crippen LogP contribution in [0.25, 0.3) is 0 Å². The van der Waals surface area contributed by atoms with Gasteiger partial charge in [0.25, 0.3) is 0 Å². The molecule has 0 saturated carbocycles. The van der Waals surface area contributed by atoms with E-state index in [0.29, 0.717) is 25.2 Å². The highest BCUT2D eigenvalue weighted by molar-refractivity contribution is 5.82. The molecule has 0 fully saturated rings. The van der Waals surface area contributed by atoms with Crippen LogP contribution >= 0.6 is 0 Å². The lowest BCUT2D eigenvalue weighted by Gasteiger charge is -2.30. The Hall–Kier alpha value is -1.82. The van der Waals surface area contributed by atoms with Crippen molar-refractivity contribution in [1.29, 1.82) is 0 Å². The summed E-state index contributed by atoms with van der Waals surface area (Å²) in [5.41, 5.74) is 5.38. The standard InChI is InChI=1S/C15H25N3O3/c1-5-15(4,11(3)16)14(21)17-7-9-18-8-6-12(19)13(20)10(18)2/h6,8,11,20H,5,7,9,16H2,1-4H3,(H,17,21). The summed E-state index contributed by atoms with van der Waals surface area (Å²) < 4.78 is 1.73. The summed E-state index contributed by atoms with van der Waals surface area (Å²) in [6, 6.07) is 1.07. The van der Waals surface area contributed by atoms with E-state index in [0.717, 1.165) is 0 Å². The van der Waals surface area contributed by atoms with Crippen LogP contribution in [0.4, 0.5) is 0 Å². The molecule has 118 valence electrons. The minimum atomic E-state index is -0.597. The molecule has 6 heteroatoms. The van der Waals surface area contributed by atoms with Gasteiger partial charge in [-0.3, -0.25) is 9.59 Å². The summed E-state index contributed by atoms with van der Waals surface area (Å²) in [5, 5.41) is 12.5. The second-order valence-corrected chi connectivity index (χ2v) is 5.62. The van der Waals surface area contributed by atoms with E-state index in [2.05, 4.69) is 5.32 Å². The summed E-state index contributed by atoms with van der Waals surface area (Å²) in [4.78, 5) is 23.5. The van der Waals surface area contributed by atoms with E-state index in [9.17, 15) is 14.7 Å². The topological polar surface area (TPSA) is 97.3 Å². The van der Waals surface area contributed by atoms with Crippen molar-refractivity contribution in [3.63, 3.8) is 0 Å². The fourth-order valence-electron chi connectivity index (χ4n) is 2.09. The lowest BCUT2D eigenvalue weighted by molar-refractivity contribution is -0.131. The Morgan fingerprint density at radius 3 is 2.71 bits per heavy atom. The van der Waals surface area contributed by atoms with E-state index in [1.807, 2.05) is 20.8 Å². The predicted molar refractivity (Wildman–Crippen MR) is 82.2 cm³/mol. The molecule has 0 aliphatic heterocycles. The Balaban J connectivity index is 2.68. The average Bonchev–Trinajstić information content (AvgIpc) is 2.45. The van der Waals surface area contributed by atoms with Crippen LogP contribution in [-0.2, 0) is 11.3 Å². The minimum Gasteiger partial charge on any atom is -0.503 e. The van der Waals surface area contributed by atoms with Gasteiger partial charge < -0.3 is 20.7 Å². The lowest BCUT2D eigenvalue weighted by Crippen LogP contribution is -2.49. The van der Waals surface area contributed by atoms with Gasteiger partial charge in [0.2, 0.25) is 11.3 Å². The maximum absolute atomic E-state index is 12.2. The van der Waals surface area contributed by atoms with Crippen molar-refractivity contribution < 1.29 is 9.90 Å². The summed E-state index contributed by atoms with van der Waals surface area (Å²) >= 11 is 0. The fraction of sp³-hybridized carbons (Fsp3) is 0.600. The molecule has 1 heterocycles. The van der Waals surface area contributed by atoms with Gasteiger partial charge in [-0.25, -0.2) is 0 Å². The molecule has 2 atom stereocenters. The summed E-state index contributed by atoms with van der Waals surface area (Å²) in [7, 11) is 0. The molecule has 0 aliphatic rings. The van der Waals surface area contributed by atoms with Crippen LogP contribution in [0.2, 0.25) is 0 Å². The number of nitrogens with two attached hydrogens (primary N) is 1. The smallest absolute Gasteiger partial charge is 0.227 e. The van der Waals surface area contributed by atoms with Gasteiger partial charge in [-0.2, -0.15) is 0 Å². The Labute approximate surface area is 125 Å². The zero-order valence-corrected chi connectivity index (χ0v) is 13.1. The van der Waals surface area contributed by atoms with E-state index in [1.165, 1.54) is 6.07 Å². The van der Waals surface area contributed by atoms with E-state index in [-0.39, 0.29) is 17.7 Å². The molecule has 21 heavy (non-hydrogen) atoms. The molecule has 0 saturated heterocycles. The molecule has 2 unspecified atom stereocenters. The van der Waals surface area contributed by atoms with Crippen molar-refractivity contribution in [1.82, 2.24) is 9.88 Å². The number of amides is 1. The van der Waals surface area contributed by atoms with E-state index < -0.39 is 10.8 Å². The van der Waals surface area contributed by atoms with Gasteiger partial charge in [-0.05, 0) is 27.2 Å². The molecule has 1 aromatic heterocycles. The molecule has 0 aliphatic carbocycles. The summed E-state index contributed by atoms with van der Waals surface area (Å²) in [6.07, 6.45) is 2.27. The molecule has 1 rings (SSSR count). The van der Waals surface area contributed by atoms with Crippen LogP contribution < -0.4 is 16.5 Å². The first-order valence-corrected chi connectivity index (χ1v) is 7.17. The van der Waals surface area contributed by atoms with Crippen LogP contribution in [-0.4, -0.2) is 28.2 Å². The van der Waals surface area contributed by atoms with Gasteiger partial charge in [0.05, 0.1) is 11.1 Å². The summed E-state index contributed by atoms with van der Waals surface area (Å²) in [5.74, 6) is -0.333. The molecule has 1 amide bonds.